The predicted molar refractivity (Wildman–Crippen MR) is 76.8 cm³/mol. The molecule has 0 spiro atoms. The van der Waals surface area contributed by atoms with Crippen molar-refractivity contribution in [1.82, 2.24) is 5.32 Å². The Hall–Kier alpha value is -0.0800. The Balaban J connectivity index is 1.62. The van der Waals surface area contributed by atoms with E-state index in [2.05, 4.69) is 19.2 Å². The summed E-state index contributed by atoms with van der Waals surface area (Å²) in [6, 6.07) is 1.54. The third kappa shape index (κ3) is 4.24. The molecule has 2 aliphatic rings. The number of rotatable bonds is 6. The van der Waals surface area contributed by atoms with Gasteiger partial charge in [0, 0.05) is 18.7 Å². The van der Waals surface area contributed by atoms with Crippen molar-refractivity contribution in [2.75, 3.05) is 6.61 Å². The SMILES string of the molecule is CCCC1CCCC(NC2CC(OCC)C2)CC1. The average Bonchev–Trinajstić information content (AvgIpc) is 2.53. The molecule has 0 bridgehead atoms. The highest BCUT2D eigenvalue weighted by Gasteiger charge is 2.31. The largest absolute Gasteiger partial charge is 0.378 e. The summed E-state index contributed by atoms with van der Waals surface area (Å²) in [5.74, 6) is 1.01. The molecule has 0 radical (unpaired) electrons. The lowest BCUT2D eigenvalue weighted by molar-refractivity contribution is -0.0128. The minimum Gasteiger partial charge on any atom is -0.378 e. The molecule has 0 heterocycles. The van der Waals surface area contributed by atoms with Gasteiger partial charge >= 0.3 is 0 Å². The van der Waals surface area contributed by atoms with Gasteiger partial charge in [0.2, 0.25) is 0 Å². The molecule has 2 unspecified atom stereocenters. The van der Waals surface area contributed by atoms with Gasteiger partial charge in [-0.25, -0.2) is 0 Å². The molecule has 2 saturated carbocycles. The molecule has 2 atom stereocenters. The summed E-state index contributed by atoms with van der Waals surface area (Å²) >= 11 is 0. The van der Waals surface area contributed by atoms with Gasteiger partial charge in [-0.1, -0.05) is 32.6 Å². The Morgan fingerprint density at radius 2 is 1.83 bits per heavy atom. The molecule has 106 valence electrons. The van der Waals surface area contributed by atoms with Crippen LogP contribution in [0.2, 0.25) is 0 Å². The summed E-state index contributed by atoms with van der Waals surface area (Å²) in [7, 11) is 0. The van der Waals surface area contributed by atoms with E-state index in [9.17, 15) is 0 Å². The summed E-state index contributed by atoms with van der Waals surface area (Å²) in [6.07, 6.45) is 13.0. The fraction of sp³-hybridized carbons (Fsp3) is 1.00. The van der Waals surface area contributed by atoms with E-state index in [1.807, 2.05) is 0 Å². The molecule has 18 heavy (non-hydrogen) atoms. The van der Waals surface area contributed by atoms with Gasteiger partial charge in [0.1, 0.15) is 0 Å². The maximum Gasteiger partial charge on any atom is 0.0604 e. The highest BCUT2D eigenvalue weighted by atomic mass is 16.5. The van der Waals surface area contributed by atoms with Crippen LogP contribution in [-0.2, 0) is 4.74 Å². The van der Waals surface area contributed by atoms with Gasteiger partial charge in [0.15, 0.2) is 0 Å². The normalized spacial score (nSPS) is 37.0. The van der Waals surface area contributed by atoms with Crippen molar-refractivity contribution in [2.45, 2.75) is 89.8 Å². The molecule has 1 N–H and O–H groups in total. The first-order valence-corrected chi connectivity index (χ1v) is 8.19. The quantitative estimate of drug-likeness (QED) is 0.725. The molecule has 2 heteroatoms. The molecule has 0 aromatic carbocycles. The first kappa shape index (κ1) is 14.3. The highest BCUT2D eigenvalue weighted by molar-refractivity contribution is 4.89. The Morgan fingerprint density at radius 3 is 2.56 bits per heavy atom. The fourth-order valence-corrected chi connectivity index (χ4v) is 3.65. The first-order chi connectivity index (χ1) is 8.81. The molecule has 0 amide bonds. The van der Waals surface area contributed by atoms with Gasteiger partial charge in [-0.2, -0.15) is 0 Å². The maximum atomic E-state index is 5.63. The standard InChI is InChI=1S/C16H31NO/c1-3-6-13-7-5-8-14(10-9-13)17-15-11-16(12-15)18-4-2/h13-17H,3-12H2,1-2H3. The average molecular weight is 253 g/mol. The zero-order valence-electron chi connectivity index (χ0n) is 12.3. The van der Waals surface area contributed by atoms with Gasteiger partial charge in [-0.3, -0.25) is 0 Å². The molecule has 0 aliphatic heterocycles. The number of hydrogen-bond acceptors (Lipinski definition) is 2. The molecular formula is C16H31NO. The minimum atomic E-state index is 0.547. The summed E-state index contributed by atoms with van der Waals surface area (Å²) in [6.45, 7) is 5.29. The van der Waals surface area contributed by atoms with E-state index in [-0.39, 0.29) is 0 Å². The molecule has 2 rings (SSSR count). The van der Waals surface area contributed by atoms with Crippen LogP contribution in [0.3, 0.4) is 0 Å². The smallest absolute Gasteiger partial charge is 0.0604 e. The van der Waals surface area contributed by atoms with Crippen LogP contribution in [-0.4, -0.2) is 24.8 Å². The Morgan fingerprint density at radius 1 is 1.00 bits per heavy atom. The predicted octanol–water partition coefficient (Wildman–Crippen LogP) is 3.89. The summed E-state index contributed by atoms with van der Waals surface area (Å²) < 4.78 is 5.63. The van der Waals surface area contributed by atoms with Crippen LogP contribution in [0.4, 0.5) is 0 Å². The van der Waals surface area contributed by atoms with E-state index in [0.717, 1.165) is 24.6 Å². The van der Waals surface area contributed by atoms with Crippen molar-refractivity contribution in [2.24, 2.45) is 5.92 Å². The van der Waals surface area contributed by atoms with Gasteiger partial charge in [-0.15, -0.1) is 0 Å². The molecule has 2 aliphatic carbocycles. The molecule has 2 fully saturated rings. The molecule has 0 aromatic rings. The van der Waals surface area contributed by atoms with E-state index in [1.54, 1.807) is 0 Å². The fourth-order valence-electron chi connectivity index (χ4n) is 3.65. The van der Waals surface area contributed by atoms with Crippen molar-refractivity contribution in [3.05, 3.63) is 0 Å². The zero-order valence-corrected chi connectivity index (χ0v) is 12.3. The van der Waals surface area contributed by atoms with Gasteiger partial charge < -0.3 is 10.1 Å². The van der Waals surface area contributed by atoms with Crippen LogP contribution >= 0.6 is 0 Å². The molecule has 0 saturated heterocycles. The van der Waals surface area contributed by atoms with E-state index in [1.165, 1.54) is 57.8 Å². The first-order valence-electron chi connectivity index (χ1n) is 8.19. The van der Waals surface area contributed by atoms with Crippen molar-refractivity contribution in [3.63, 3.8) is 0 Å². The summed E-state index contributed by atoms with van der Waals surface area (Å²) in [4.78, 5) is 0. The van der Waals surface area contributed by atoms with Crippen molar-refractivity contribution >= 4 is 0 Å². The van der Waals surface area contributed by atoms with Crippen LogP contribution < -0.4 is 5.32 Å². The van der Waals surface area contributed by atoms with Crippen molar-refractivity contribution in [1.29, 1.82) is 0 Å². The molecule has 0 aromatic heterocycles. The van der Waals surface area contributed by atoms with Crippen molar-refractivity contribution < 1.29 is 4.74 Å². The zero-order chi connectivity index (χ0) is 12.8. The number of nitrogens with one attached hydrogen (secondary N) is 1. The topological polar surface area (TPSA) is 21.3 Å². The lowest BCUT2D eigenvalue weighted by Gasteiger charge is -2.38. The van der Waals surface area contributed by atoms with Crippen LogP contribution in [0.15, 0.2) is 0 Å². The maximum absolute atomic E-state index is 5.63. The van der Waals surface area contributed by atoms with Gasteiger partial charge in [0.25, 0.3) is 0 Å². The van der Waals surface area contributed by atoms with Crippen LogP contribution in [0, 0.1) is 5.92 Å². The number of ether oxygens (including phenoxy) is 1. The second-order valence-electron chi connectivity index (χ2n) is 6.27. The highest BCUT2D eigenvalue weighted by Crippen LogP contribution is 2.29. The summed E-state index contributed by atoms with van der Waals surface area (Å²) in [5.41, 5.74) is 0. The third-order valence-electron chi connectivity index (χ3n) is 4.75. The molecular weight excluding hydrogens is 222 g/mol. The minimum absolute atomic E-state index is 0.547. The lowest BCUT2D eigenvalue weighted by Crippen LogP contribution is -2.49. The third-order valence-corrected chi connectivity index (χ3v) is 4.75. The van der Waals surface area contributed by atoms with Gasteiger partial charge in [-0.05, 0) is 44.9 Å². The Kier molecular flexibility index (Phi) is 5.97. The Labute approximate surface area is 113 Å². The second-order valence-corrected chi connectivity index (χ2v) is 6.27. The van der Waals surface area contributed by atoms with E-state index >= 15 is 0 Å². The molecule has 2 nitrogen and oxygen atoms in total. The second kappa shape index (κ2) is 7.49. The van der Waals surface area contributed by atoms with Gasteiger partial charge in [0.05, 0.1) is 6.10 Å². The monoisotopic (exact) mass is 253 g/mol. The summed E-state index contributed by atoms with van der Waals surface area (Å²) in [5, 5.41) is 3.87. The Bertz CT molecular complexity index is 225. The lowest BCUT2D eigenvalue weighted by atomic mass is 9.88. The van der Waals surface area contributed by atoms with E-state index in [0.29, 0.717) is 6.10 Å². The van der Waals surface area contributed by atoms with Crippen LogP contribution in [0.25, 0.3) is 0 Å². The van der Waals surface area contributed by atoms with Crippen LogP contribution in [0.5, 0.6) is 0 Å². The van der Waals surface area contributed by atoms with Crippen LogP contribution in [0.1, 0.15) is 71.6 Å². The van der Waals surface area contributed by atoms with Crippen molar-refractivity contribution in [3.8, 4) is 0 Å². The number of hydrogen-bond donors (Lipinski definition) is 1. The van der Waals surface area contributed by atoms with E-state index in [4.69, 9.17) is 4.74 Å². The van der Waals surface area contributed by atoms with E-state index < -0.39 is 0 Å².